The fraction of sp³-hybridized carbons (Fsp3) is 0.560. The third-order valence-electron chi connectivity index (χ3n) is 6.67. The fourth-order valence-corrected chi connectivity index (χ4v) is 4.56. The minimum absolute atomic E-state index is 0.0443. The minimum atomic E-state index is -3.04. The van der Waals surface area contributed by atoms with Crippen LogP contribution in [0.15, 0.2) is 18.2 Å². The van der Waals surface area contributed by atoms with Crippen LogP contribution in [-0.2, 0) is 32.2 Å². The second-order valence-corrected chi connectivity index (χ2v) is 10.3. The van der Waals surface area contributed by atoms with Crippen molar-refractivity contribution in [1.29, 1.82) is 0 Å². The second-order valence-electron chi connectivity index (χ2n) is 10.3. The van der Waals surface area contributed by atoms with Gasteiger partial charge in [0.15, 0.2) is 12.9 Å². The standard InChI is InChI=1S/C25H30F2N4O4/c1-14-28-17(12-18(32)30-24(4)8-9-24)19(22-33-10-11-34-22)21(29-14)31-23(2,3)15-6-5-7-16-20(15)35-13-25(16,26)27/h5-7,22H,8-13H2,1-4H3,(H,30,32)(H,28,29,31). The van der Waals surface area contributed by atoms with E-state index in [2.05, 4.69) is 20.6 Å². The summed E-state index contributed by atoms with van der Waals surface area (Å²) in [5, 5.41) is 6.44. The number of anilines is 1. The number of fused-ring (bicyclic) bond motifs is 1. The van der Waals surface area contributed by atoms with Crippen LogP contribution < -0.4 is 15.4 Å². The van der Waals surface area contributed by atoms with Crippen LogP contribution in [0.1, 0.15) is 68.1 Å². The summed E-state index contributed by atoms with van der Waals surface area (Å²) in [6.45, 7) is 7.60. The summed E-state index contributed by atoms with van der Waals surface area (Å²) < 4.78 is 45.6. The largest absolute Gasteiger partial charge is 0.486 e. The van der Waals surface area contributed by atoms with Crippen molar-refractivity contribution in [2.24, 2.45) is 0 Å². The van der Waals surface area contributed by atoms with Gasteiger partial charge in [0.25, 0.3) is 0 Å². The van der Waals surface area contributed by atoms with Crippen LogP contribution in [0.3, 0.4) is 0 Å². The highest BCUT2D eigenvalue weighted by molar-refractivity contribution is 5.80. The number of para-hydroxylation sites is 1. The average Bonchev–Trinajstić information content (AvgIpc) is 3.14. The third-order valence-corrected chi connectivity index (χ3v) is 6.67. The lowest BCUT2D eigenvalue weighted by Gasteiger charge is -2.31. The second kappa shape index (κ2) is 8.37. The minimum Gasteiger partial charge on any atom is -0.486 e. The van der Waals surface area contributed by atoms with Crippen LogP contribution in [0.2, 0.25) is 0 Å². The first-order chi connectivity index (χ1) is 16.5. The first-order valence-corrected chi connectivity index (χ1v) is 11.8. The zero-order valence-corrected chi connectivity index (χ0v) is 20.3. The van der Waals surface area contributed by atoms with Crippen molar-refractivity contribution in [3.8, 4) is 5.75 Å². The molecule has 35 heavy (non-hydrogen) atoms. The number of amides is 1. The number of benzene rings is 1. The predicted molar refractivity (Wildman–Crippen MR) is 123 cm³/mol. The Morgan fingerprint density at radius 1 is 1.20 bits per heavy atom. The number of nitrogens with one attached hydrogen (secondary N) is 2. The van der Waals surface area contributed by atoms with Crippen LogP contribution >= 0.6 is 0 Å². The summed E-state index contributed by atoms with van der Waals surface area (Å²) in [6, 6.07) is 4.75. The lowest BCUT2D eigenvalue weighted by molar-refractivity contribution is -0.121. The lowest BCUT2D eigenvalue weighted by atomic mass is 9.90. The van der Waals surface area contributed by atoms with Crippen molar-refractivity contribution < 1.29 is 27.8 Å². The van der Waals surface area contributed by atoms with Gasteiger partial charge in [0, 0.05) is 11.1 Å². The molecule has 3 heterocycles. The normalized spacial score (nSPS) is 20.3. The van der Waals surface area contributed by atoms with Gasteiger partial charge in [0.1, 0.15) is 17.4 Å². The Kier molecular flexibility index (Phi) is 5.71. The van der Waals surface area contributed by atoms with Gasteiger partial charge in [-0.15, -0.1) is 0 Å². The molecule has 1 aromatic carbocycles. The van der Waals surface area contributed by atoms with E-state index in [1.54, 1.807) is 19.1 Å². The van der Waals surface area contributed by atoms with Gasteiger partial charge in [-0.2, -0.15) is 8.78 Å². The number of carbonyl (C=O) groups excluding carboxylic acids is 1. The summed E-state index contributed by atoms with van der Waals surface area (Å²) >= 11 is 0. The number of alkyl halides is 2. The molecule has 0 radical (unpaired) electrons. The molecule has 5 rings (SSSR count). The van der Waals surface area contributed by atoms with E-state index in [1.165, 1.54) is 6.07 Å². The number of hydrogen-bond acceptors (Lipinski definition) is 7. The number of nitrogens with zero attached hydrogens (tertiary/aromatic N) is 2. The van der Waals surface area contributed by atoms with E-state index in [0.717, 1.165) is 12.8 Å². The van der Waals surface area contributed by atoms with Crippen molar-refractivity contribution in [1.82, 2.24) is 15.3 Å². The molecule has 2 aliphatic heterocycles. The molecule has 1 amide bonds. The molecule has 0 unspecified atom stereocenters. The SMILES string of the molecule is Cc1nc(CC(=O)NC2(C)CC2)c(C2OCCO2)c(NC(C)(C)c2cccc3c2OCC3(F)F)n1. The maximum atomic E-state index is 14.3. The smallest absolute Gasteiger partial charge is 0.310 e. The molecule has 2 aromatic rings. The van der Waals surface area contributed by atoms with E-state index in [9.17, 15) is 13.6 Å². The Balaban J connectivity index is 1.51. The van der Waals surface area contributed by atoms with Crippen LogP contribution in [0.4, 0.5) is 14.6 Å². The Hall–Kier alpha value is -2.85. The van der Waals surface area contributed by atoms with Gasteiger partial charge < -0.3 is 24.8 Å². The molecule has 1 saturated heterocycles. The van der Waals surface area contributed by atoms with Crippen molar-refractivity contribution in [3.63, 3.8) is 0 Å². The Bertz CT molecular complexity index is 1160. The molecule has 0 atom stereocenters. The highest BCUT2D eigenvalue weighted by atomic mass is 19.3. The van der Waals surface area contributed by atoms with E-state index in [-0.39, 0.29) is 29.2 Å². The first-order valence-electron chi connectivity index (χ1n) is 11.8. The molecule has 3 aliphatic rings. The topological polar surface area (TPSA) is 94.6 Å². The summed E-state index contributed by atoms with van der Waals surface area (Å²) in [6.07, 6.45) is 1.21. The third kappa shape index (κ3) is 4.69. The molecule has 188 valence electrons. The average molecular weight is 489 g/mol. The molecule has 1 aliphatic carbocycles. The number of aromatic nitrogens is 2. The number of rotatable bonds is 7. The summed E-state index contributed by atoms with van der Waals surface area (Å²) in [4.78, 5) is 21.9. The van der Waals surface area contributed by atoms with Crippen molar-refractivity contribution in [3.05, 3.63) is 46.4 Å². The molecule has 2 N–H and O–H groups in total. The molecular formula is C25H30F2N4O4. The summed E-state index contributed by atoms with van der Waals surface area (Å²) in [7, 11) is 0. The quantitative estimate of drug-likeness (QED) is 0.611. The van der Waals surface area contributed by atoms with Crippen LogP contribution in [-0.4, -0.2) is 41.2 Å². The molecular weight excluding hydrogens is 458 g/mol. The molecule has 10 heteroatoms. The maximum absolute atomic E-state index is 14.3. The van der Waals surface area contributed by atoms with Crippen molar-refractivity contribution in [2.45, 2.75) is 70.2 Å². The predicted octanol–water partition coefficient (Wildman–Crippen LogP) is 3.87. The lowest BCUT2D eigenvalue weighted by Crippen LogP contribution is -2.36. The van der Waals surface area contributed by atoms with E-state index in [4.69, 9.17) is 14.2 Å². The molecule has 0 bridgehead atoms. The van der Waals surface area contributed by atoms with Gasteiger partial charge in [-0.3, -0.25) is 4.79 Å². The van der Waals surface area contributed by atoms with Gasteiger partial charge in [0.05, 0.1) is 42.0 Å². The molecule has 1 aromatic heterocycles. The zero-order chi connectivity index (χ0) is 25.0. The Labute approximate surface area is 202 Å². The highest BCUT2D eigenvalue weighted by Gasteiger charge is 2.44. The zero-order valence-electron chi connectivity index (χ0n) is 20.3. The first kappa shape index (κ1) is 23.9. The monoisotopic (exact) mass is 488 g/mol. The Morgan fingerprint density at radius 2 is 1.91 bits per heavy atom. The molecule has 8 nitrogen and oxygen atoms in total. The summed E-state index contributed by atoms with van der Waals surface area (Å²) in [5.74, 6) is -2.11. The number of halogens is 2. The van der Waals surface area contributed by atoms with E-state index >= 15 is 0 Å². The fourth-order valence-electron chi connectivity index (χ4n) is 4.56. The van der Waals surface area contributed by atoms with Crippen LogP contribution in [0.25, 0.3) is 0 Å². The van der Waals surface area contributed by atoms with Gasteiger partial charge >= 0.3 is 5.92 Å². The van der Waals surface area contributed by atoms with Gasteiger partial charge in [-0.25, -0.2) is 9.97 Å². The van der Waals surface area contributed by atoms with E-state index in [1.807, 2.05) is 20.8 Å². The summed E-state index contributed by atoms with van der Waals surface area (Å²) in [5.41, 5.74) is 0.474. The number of aryl methyl sites for hydroxylation is 1. The molecule has 2 fully saturated rings. The molecule has 1 saturated carbocycles. The Morgan fingerprint density at radius 3 is 2.60 bits per heavy atom. The van der Waals surface area contributed by atoms with Gasteiger partial charge in [-0.05, 0) is 46.6 Å². The number of hydrogen-bond donors (Lipinski definition) is 2. The maximum Gasteiger partial charge on any atom is 0.310 e. The highest BCUT2D eigenvalue weighted by Crippen LogP contribution is 2.47. The van der Waals surface area contributed by atoms with Crippen molar-refractivity contribution >= 4 is 11.7 Å². The van der Waals surface area contributed by atoms with Crippen molar-refractivity contribution in [2.75, 3.05) is 25.1 Å². The molecule has 0 spiro atoms. The van der Waals surface area contributed by atoms with Crippen LogP contribution in [0.5, 0.6) is 5.75 Å². The van der Waals surface area contributed by atoms with Gasteiger partial charge in [-0.1, -0.05) is 12.1 Å². The number of ether oxygens (including phenoxy) is 3. The van der Waals surface area contributed by atoms with Crippen LogP contribution in [0, 0.1) is 6.92 Å². The van der Waals surface area contributed by atoms with E-state index < -0.39 is 24.4 Å². The van der Waals surface area contributed by atoms with E-state index in [0.29, 0.717) is 41.7 Å². The number of carbonyl (C=O) groups is 1. The van der Waals surface area contributed by atoms with Gasteiger partial charge in [0.2, 0.25) is 5.91 Å².